The highest BCUT2D eigenvalue weighted by molar-refractivity contribution is 7.22. The van der Waals surface area contributed by atoms with Gasteiger partial charge in [0.2, 0.25) is 0 Å². The third-order valence-corrected chi connectivity index (χ3v) is 7.37. The number of hydrogen-bond donors (Lipinski definition) is 2. The largest absolute Gasteiger partial charge is 0.372 e. The zero-order valence-corrected chi connectivity index (χ0v) is 20.5. The molecule has 3 aromatic heterocycles. The van der Waals surface area contributed by atoms with Gasteiger partial charge in [-0.15, -0.1) is 11.3 Å². The molecule has 0 spiro atoms. The van der Waals surface area contributed by atoms with Gasteiger partial charge >= 0.3 is 0 Å². The molecule has 35 heavy (non-hydrogen) atoms. The highest BCUT2D eigenvalue weighted by Gasteiger charge is 2.36. The third kappa shape index (κ3) is 4.18. The molecule has 4 aromatic rings. The topological polar surface area (TPSA) is 84.0 Å². The Kier molecular flexibility index (Phi) is 6.06. The number of aromatic nitrogens is 2. The molecular weight excluding hydrogens is 463 g/mol. The molecule has 0 bridgehead atoms. The van der Waals surface area contributed by atoms with Gasteiger partial charge in [-0.2, -0.15) is 0 Å². The summed E-state index contributed by atoms with van der Waals surface area (Å²) in [4.78, 5) is 35.8. The SMILES string of the molecule is CNc1nccc2cc(-c3c(C=O)c(CC(C)C)nc4c3C(=O)NC4Cc3ccc(F)cc3)sc12. The second-order valence-electron chi connectivity index (χ2n) is 9.12. The lowest BCUT2D eigenvalue weighted by Crippen LogP contribution is -2.21. The Morgan fingerprint density at radius 3 is 2.66 bits per heavy atom. The summed E-state index contributed by atoms with van der Waals surface area (Å²) in [5.74, 6) is 0.464. The molecule has 2 N–H and O–H groups in total. The zero-order chi connectivity index (χ0) is 24.7. The Bertz CT molecular complexity index is 1450. The fourth-order valence-corrected chi connectivity index (χ4v) is 5.86. The maximum Gasteiger partial charge on any atom is 0.254 e. The maximum absolute atomic E-state index is 13.4. The highest BCUT2D eigenvalue weighted by Crippen LogP contribution is 2.43. The van der Waals surface area contributed by atoms with Crippen molar-refractivity contribution in [2.24, 2.45) is 5.92 Å². The van der Waals surface area contributed by atoms with E-state index >= 15 is 0 Å². The van der Waals surface area contributed by atoms with Crippen molar-refractivity contribution in [3.05, 3.63) is 76.5 Å². The van der Waals surface area contributed by atoms with E-state index in [4.69, 9.17) is 4.98 Å². The summed E-state index contributed by atoms with van der Waals surface area (Å²) >= 11 is 1.50. The number of pyridine rings is 2. The average Bonchev–Trinajstić information content (AvgIpc) is 3.40. The molecule has 1 aromatic carbocycles. The van der Waals surface area contributed by atoms with Crippen LogP contribution in [-0.4, -0.2) is 29.2 Å². The van der Waals surface area contributed by atoms with Crippen molar-refractivity contribution in [2.45, 2.75) is 32.7 Å². The Balaban J connectivity index is 1.72. The Morgan fingerprint density at radius 1 is 1.20 bits per heavy atom. The van der Waals surface area contributed by atoms with E-state index in [9.17, 15) is 14.0 Å². The van der Waals surface area contributed by atoms with Crippen molar-refractivity contribution in [2.75, 3.05) is 12.4 Å². The number of anilines is 1. The minimum Gasteiger partial charge on any atom is -0.372 e. The van der Waals surface area contributed by atoms with Crippen molar-refractivity contribution in [3.8, 4) is 10.4 Å². The summed E-state index contributed by atoms with van der Waals surface area (Å²) in [7, 11) is 1.82. The van der Waals surface area contributed by atoms with E-state index in [-0.39, 0.29) is 23.7 Å². The number of aldehydes is 1. The molecule has 1 aliphatic heterocycles. The number of carbonyl (C=O) groups excluding carboxylic acids is 2. The standard InChI is InChI=1S/C27H25FN4O2S/c1-14(2)10-19-18(13-33)22(21-12-16-8-9-30-26(29-3)25(16)35-21)23-24(31-19)20(32-27(23)34)11-15-4-6-17(28)7-5-15/h4-9,12-14,20H,10-11H2,1-3H3,(H,29,30)(H,32,34). The lowest BCUT2D eigenvalue weighted by Gasteiger charge is -2.16. The van der Waals surface area contributed by atoms with Crippen LogP contribution in [0.3, 0.4) is 0 Å². The first-order valence-electron chi connectivity index (χ1n) is 11.5. The van der Waals surface area contributed by atoms with Crippen molar-refractivity contribution in [3.63, 3.8) is 0 Å². The average molecular weight is 489 g/mol. The Morgan fingerprint density at radius 2 is 1.97 bits per heavy atom. The van der Waals surface area contributed by atoms with Gasteiger partial charge in [0, 0.05) is 29.2 Å². The van der Waals surface area contributed by atoms with Gasteiger partial charge in [-0.3, -0.25) is 14.6 Å². The molecule has 0 saturated carbocycles. The smallest absolute Gasteiger partial charge is 0.254 e. The van der Waals surface area contributed by atoms with E-state index in [1.165, 1.54) is 23.5 Å². The Labute approximate surface area is 206 Å². The van der Waals surface area contributed by atoms with Gasteiger partial charge in [-0.25, -0.2) is 9.37 Å². The number of amides is 1. The van der Waals surface area contributed by atoms with E-state index < -0.39 is 0 Å². The first-order chi connectivity index (χ1) is 16.9. The quantitative estimate of drug-likeness (QED) is 0.332. The molecule has 0 saturated heterocycles. The third-order valence-electron chi connectivity index (χ3n) is 6.19. The van der Waals surface area contributed by atoms with Gasteiger partial charge < -0.3 is 10.6 Å². The molecular formula is C27H25FN4O2S. The van der Waals surface area contributed by atoms with Crippen LogP contribution in [-0.2, 0) is 12.8 Å². The monoisotopic (exact) mass is 488 g/mol. The second-order valence-corrected chi connectivity index (χ2v) is 10.2. The van der Waals surface area contributed by atoms with Gasteiger partial charge in [-0.1, -0.05) is 26.0 Å². The molecule has 1 aliphatic rings. The molecule has 4 heterocycles. The first kappa shape index (κ1) is 23.1. The van der Waals surface area contributed by atoms with Crippen LogP contribution in [0.2, 0.25) is 0 Å². The first-order valence-corrected chi connectivity index (χ1v) is 12.3. The molecule has 5 rings (SSSR count). The Hall–Kier alpha value is -3.65. The number of nitrogens with zero attached hydrogens (tertiary/aromatic N) is 2. The number of thiophene rings is 1. The van der Waals surface area contributed by atoms with Crippen molar-refractivity contribution < 1.29 is 14.0 Å². The molecule has 6 nitrogen and oxygen atoms in total. The molecule has 8 heteroatoms. The zero-order valence-electron chi connectivity index (χ0n) is 19.7. The fraction of sp³-hybridized carbons (Fsp3) is 0.259. The van der Waals surface area contributed by atoms with Crippen LogP contribution in [0.25, 0.3) is 20.5 Å². The normalized spacial score (nSPS) is 14.9. The van der Waals surface area contributed by atoms with Crippen molar-refractivity contribution in [1.29, 1.82) is 0 Å². The van der Waals surface area contributed by atoms with Gasteiger partial charge in [0.15, 0.2) is 6.29 Å². The van der Waals surface area contributed by atoms with Gasteiger partial charge in [-0.05, 0) is 54.0 Å². The van der Waals surface area contributed by atoms with Gasteiger partial charge in [0.25, 0.3) is 5.91 Å². The van der Waals surface area contributed by atoms with E-state index in [0.29, 0.717) is 40.9 Å². The molecule has 1 amide bonds. The number of nitrogens with one attached hydrogen (secondary N) is 2. The van der Waals surface area contributed by atoms with Crippen LogP contribution >= 0.6 is 11.3 Å². The molecule has 1 atom stereocenters. The van der Waals surface area contributed by atoms with Crippen LogP contribution < -0.4 is 10.6 Å². The molecule has 1 unspecified atom stereocenters. The number of rotatable bonds is 7. The summed E-state index contributed by atoms with van der Waals surface area (Å²) in [6, 6.07) is 9.82. The predicted molar refractivity (Wildman–Crippen MR) is 137 cm³/mol. The van der Waals surface area contributed by atoms with Crippen LogP contribution in [0.5, 0.6) is 0 Å². The fourth-order valence-electron chi connectivity index (χ4n) is 4.64. The minimum absolute atomic E-state index is 0.252. The number of halogens is 1. The summed E-state index contributed by atoms with van der Waals surface area (Å²) in [5, 5.41) is 7.15. The molecule has 0 fully saturated rings. The second kappa shape index (κ2) is 9.19. The predicted octanol–water partition coefficient (Wildman–Crippen LogP) is 5.58. The molecule has 0 aliphatic carbocycles. The maximum atomic E-state index is 13.4. The van der Waals surface area contributed by atoms with E-state index in [1.807, 2.05) is 19.2 Å². The van der Waals surface area contributed by atoms with Crippen LogP contribution in [0.1, 0.15) is 57.6 Å². The number of hydrogen-bond acceptors (Lipinski definition) is 6. The number of benzene rings is 1. The summed E-state index contributed by atoms with van der Waals surface area (Å²) in [6.45, 7) is 4.15. The molecule has 178 valence electrons. The number of carbonyl (C=O) groups is 2. The molecule has 0 radical (unpaired) electrons. The van der Waals surface area contributed by atoms with E-state index in [2.05, 4.69) is 29.5 Å². The van der Waals surface area contributed by atoms with Gasteiger partial charge in [0.05, 0.1) is 27.7 Å². The van der Waals surface area contributed by atoms with E-state index in [1.54, 1.807) is 18.3 Å². The van der Waals surface area contributed by atoms with Crippen molar-refractivity contribution in [1.82, 2.24) is 15.3 Å². The lowest BCUT2D eigenvalue weighted by molar-refractivity contribution is 0.0956. The van der Waals surface area contributed by atoms with E-state index in [0.717, 1.165) is 32.6 Å². The van der Waals surface area contributed by atoms with Gasteiger partial charge in [0.1, 0.15) is 11.6 Å². The van der Waals surface area contributed by atoms with Crippen LogP contribution in [0, 0.1) is 11.7 Å². The summed E-state index contributed by atoms with van der Waals surface area (Å²) < 4.78 is 14.4. The number of fused-ring (bicyclic) bond motifs is 2. The minimum atomic E-state index is -0.364. The summed E-state index contributed by atoms with van der Waals surface area (Å²) in [6.07, 6.45) is 3.65. The highest BCUT2D eigenvalue weighted by atomic mass is 32.1. The van der Waals surface area contributed by atoms with Crippen LogP contribution in [0.15, 0.2) is 42.6 Å². The van der Waals surface area contributed by atoms with Crippen molar-refractivity contribution >= 4 is 39.4 Å². The lowest BCUT2D eigenvalue weighted by atomic mass is 9.92. The van der Waals surface area contributed by atoms with Crippen LogP contribution in [0.4, 0.5) is 10.2 Å². The summed E-state index contributed by atoms with van der Waals surface area (Å²) in [5.41, 5.74) is 3.75.